The molecule has 1 N–H and O–H groups in total. The Morgan fingerprint density at radius 3 is 3.07 bits per heavy atom. The van der Waals surface area contributed by atoms with Gasteiger partial charge in [0.25, 0.3) is 0 Å². The van der Waals surface area contributed by atoms with Crippen LogP contribution in [-0.4, -0.2) is 47.8 Å². The number of carboxylic acids is 1. The van der Waals surface area contributed by atoms with Crippen LogP contribution >= 0.6 is 11.3 Å². The van der Waals surface area contributed by atoms with Crippen LogP contribution in [-0.2, 0) is 16.1 Å². The molecule has 0 aliphatic rings. The molecular formula is C9H14N2O3S. The highest BCUT2D eigenvalue weighted by Gasteiger charge is 2.10. The van der Waals surface area contributed by atoms with Gasteiger partial charge < -0.3 is 9.84 Å². The molecule has 0 aliphatic carbocycles. The molecule has 0 aromatic carbocycles. The minimum atomic E-state index is -0.832. The van der Waals surface area contributed by atoms with Gasteiger partial charge in [0, 0.05) is 25.6 Å². The highest BCUT2D eigenvalue weighted by Crippen LogP contribution is 2.05. The van der Waals surface area contributed by atoms with E-state index in [-0.39, 0.29) is 6.54 Å². The van der Waals surface area contributed by atoms with Crippen molar-refractivity contribution in [3.63, 3.8) is 0 Å². The van der Waals surface area contributed by atoms with Crippen molar-refractivity contribution in [3.05, 3.63) is 16.6 Å². The van der Waals surface area contributed by atoms with Gasteiger partial charge in [-0.05, 0) is 0 Å². The van der Waals surface area contributed by atoms with Crippen molar-refractivity contribution in [2.75, 3.05) is 26.8 Å². The van der Waals surface area contributed by atoms with E-state index in [1.807, 2.05) is 5.38 Å². The maximum absolute atomic E-state index is 10.6. The molecule has 1 heterocycles. The number of thiazole rings is 1. The number of methoxy groups -OCH3 is 1. The summed E-state index contributed by atoms with van der Waals surface area (Å²) in [5, 5.41) is 10.6. The largest absolute Gasteiger partial charge is 0.480 e. The van der Waals surface area contributed by atoms with E-state index in [2.05, 4.69) is 4.98 Å². The van der Waals surface area contributed by atoms with Crippen LogP contribution in [0.1, 0.15) is 5.69 Å². The van der Waals surface area contributed by atoms with Gasteiger partial charge in [-0.3, -0.25) is 9.69 Å². The van der Waals surface area contributed by atoms with E-state index in [1.165, 1.54) is 11.3 Å². The van der Waals surface area contributed by atoms with Gasteiger partial charge >= 0.3 is 5.97 Å². The summed E-state index contributed by atoms with van der Waals surface area (Å²) in [7, 11) is 1.60. The van der Waals surface area contributed by atoms with Gasteiger partial charge in [0.05, 0.1) is 24.4 Å². The summed E-state index contributed by atoms with van der Waals surface area (Å²) in [6.45, 7) is 1.69. The van der Waals surface area contributed by atoms with Gasteiger partial charge in [-0.15, -0.1) is 11.3 Å². The summed E-state index contributed by atoms with van der Waals surface area (Å²) >= 11 is 1.51. The van der Waals surface area contributed by atoms with Crippen LogP contribution in [0.3, 0.4) is 0 Å². The number of rotatable bonds is 7. The standard InChI is InChI=1S/C9H14N2O3S/c1-14-3-2-11(5-9(12)13)4-8-6-15-7-10-8/h6-7H,2-5H2,1H3,(H,12,13). The molecule has 0 aliphatic heterocycles. The third-order valence-corrected chi connectivity index (χ3v) is 2.47. The molecule has 1 aromatic heterocycles. The average molecular weight is 230 g/mol. The summed E-state index contributed by atoms with van der Waals surface area (Å²) in [5.74, 6) is -0.832. The van der Waals surface area contributed by atoms with Crippen LogP contribution in [0.15, 0.2) is 10.9 Å². The zero-order valence-corrected chi connectivity index (χ0v) is 9.37. The number of hydrogen-bond acceptors (Lipinski definition) is 5. The predicted octanol–water partition coefficient (Wildman–Crippen LogP) is 0.676. The van der Waals surface area contributed by atoms with Gasteiger partial charge in [0.15, 0.2) is 0 Å². The first kappa shape index (κ1) is 12.1. The fourth-order valence-corrected chi connectivity index (χ4v) is 1.72. The number of ether oxygens (including phenoxy) is 1. The van der Waals surface area contributed by atoms with Gasteiger partial charge in [0.2, 0.25) is 0 Å². The molecule has 0 bridgehead atoms. The minimum Gasteiger partial charge on any atom is -0.480 e. The minimum absolute atomic E-state index is 0.0148. The molecule has 0 spiro atoms. The van der Waals surface area contributed by atoms with Crippen LogP contribution in [0.2, 0.25) is 0 Å². The van der Waals surface area contributed by atoms with Crippen molar-refractivity contribution in [1.29, 1.82) is 0 Å². The molecular weight excluding hydrogens is 216 g/mol. The molecule has 0 atom stereocenters. The Balaban J connectivity index is 2.44. The molecule has 0 radical (unpaired) electrons. The molecule has 15 heavy (non-hydrogen) atoms. The van der Waals surface area contributed by atoms with E-state index < -0.39 is 5.97 Å². The molecule has 6 heteroatoms. The lowest BCUT2D eigenvalue weighted by Gasteiger charge is -2.18. The van der Waals surface area contributed by atoms with Crippen molar-refractivity contribution in [2.24, 2.45) is 0 Å². The molecule has 0 unspecified atom stereocenters. The first-order valence-electron chi connectivity index (χ1n) is 4.52. The SMILES string of the molecule is COCCN(CC(=O)O)Cc1cscn1. The van der Waals surface area contributed by atoms with E-state index in [0.29, 0.717) is 19.7 Å². The normalized spacial score (nSPS) is 10.8. The fourth-order valence-electron chi connectivity index (χ4n) is 1.17. The Labute approximate surface area is 92.3 Å². The second-order valence-corrected chi connectivity index (χ2v) is 3.80. The second kappa shape index (κ2) is 6.49. The number of carboxylic acid groups (broad SMARTS) is 1. The lowest BCUT2D eigenvalue weighted by Crippen LogP contribution is -2.32. The molecule has 0 amide bonds. The zero-order valence-electron chi connectivity index (χ0n) is 8.55. The quantitative estimate of drug-likeness (QED) is 0.746. The highest BCUT2D eigenvalue weighted by molar-refractivity contribution is 7.07. The Morgan fingerprint density at radius 2 is 2.53 bits per heavy atom. The first-order valence-corrected chi connectivity index (χ1v) is 5.47. The summed E-state index contributed by atoms with van der Waals surface area (Å²) in [6.07, 6.45) is 0. The van der Waals surface area contributed by atoms with Crippen LogP contribution in [0.4, 0.5) is 0 Å². The lowest BCUT2D eigenvalue weighted by molar-refractivity contribution is -0.138. The smallest absolute Gasteiger partial charge is 0.317 e. The van der Waals surface area contributed by atoms with Gasteiger partial charge in [-0.2, -0.15) is 0 Å². The fraction of sp³-hybridized carbons (Fsp3) is 0.556. The number of aliphatic carboxylic acids is 1. The third kappa shape index (κ3) is 4.87. The topological polar surface area (TPSA) is 62.7 Å². The molecule has 0 saturated heterocycles. The zero-order chi connectivity index (χ0) is 11.1. The Hall–Kier alpha value is -0.980. The molecule has 1 rings (SSSR count). The summed E-state index contributed by atoms with van der Waals surface area (Å²) in [4.78, 5) is 16.5. The van der Waals surface area contributed by atoms with Crippen LogP contribution in [0.5, 0.6) is 0 Å². The maximum atomic E-state index is 10.6. The predicted molar refractivity (Wildman–Crippen MR) is 56.9 cm³/mol. The first-order chi connectivity index (χ1) is 7.22. The van der Waals surface area contributed by atoms with Crippen molar-refractivity contribution < 1.29 is 14.6 Å². The van der Waals surface area contributed by atoms with E-state index in [9.17, 15) is 4.79 Å². The van der Waals surface area contributed by atoms with E-state index in [4.69, 9.17) is 9.84 Å². The Kier molecular flexibility index (Phi) is 5.23. The monoisotopic (exact) mass is 230 g/mol. The summed E-state index contributed by atoms with van der Waals surface area (Å²) < 4.78 is 4.92. The third-order valence-electron chi connectivity index (χ3n) is 1.84. The Bertz CT molecular complexity index is 290. The maximum Gasteiger partial charge on any atom is 0.317 e. The van der Waals surface area contributed by atoms with Crippen molar-refractivity contribution in [2.45, 2.75) is 6.54 Å². The molecule has 84 valence electrons. The summed E-state index contributed by atoms with van der Waals surface area (Å²) in [6, 6.07) is 0. The highest BCUT2D eigenvalue weighted by atomic mass is 32.1. The van der Waals surface area contributed by atoms with E-state index in [0.717, 1.165) is 5.69 Å². The number of carbonyl (C=O) groups is 1. The van der Waals surface area contributed by atoms with Crippen molar-refractivity contribution in [1.82, 2.24) is 9.88 Å². The molecule has 0 fully saturated rings. The molecule has 0 saturated carbocycles. The lowest BCUT2D eigenvalue weighted by atomic mass is 10.4. The average Bonchev–Trinajstić information content (AvgIpc) is 2.66. The van der Waals surface area contributed by atoms with Crippen LogP contribution < -0.4 is 0 Å². The molecule has 1 aromatic rings. The van der Waals surface area contributed by atoms with Gasteiger partial charge in [-0.1, -0.05) is 0 Å². The van der Waals surface area contributed by atoms with Crippen molar-refractivity contribution >= 4 is 17.3 Å². The number of hydrogen-bond donors (Lipinski definition) is 1. The van der Waals surface area contributed by atoms with Crippen molar-refractivity contribution in [3.8, 4) is 0 Å². The summed E-state index contributed by atoms with van der Waals surface area (Å²) in [5.41, 5.74) is 2.64. The van der Waals surface area contributed by atoms with Crippen LogP contribution in [0.25, 0.3) is 0 Å². The van der Waals surface area contributed by atoms with Gasteiger partial charge in [-0.25, -0.2) is 4.98 Å². The Morgan fingerprint density at radius 1 is 1.73 bits per heavy atom. The van der Waals surface area contributed by atoms with Gasteiger partial charge in [0.1, 0.15) is 0 Å². The molecule has 5 nitrogen and oxygen atoms in total. The van der Waals surface area contributed by atoms with E-state index in [1.54, 1.807) is 17.5 Å². The second-order valence-electron chi connectivity index (χ2n) is 3.08. The number of nitrogens with zero attached hydrogens (tertiary/aromatic N) is 2. The van der Waals surface area contributed by atoms with E-state index >= 15 is 0 Å². The number of aromatic nitrogens is 1. The van der Waals surface area contributed by atoms with Crippen LogP contribution in [0, 0.1) is 0 Å².